The summed E-state index contributed by atoms with van der Waals surface area (Å²) in [5.41, 5.74) is 1.38. The number of nitrogens with one attached hydrogen (secondary N) is 1. The number of rotatable bonds is 4. The minimum absolute atomic E-state index is 0.0371. The first kappa shape index (κ1) is 13.6. The number of oxazole rings is 1. The SMILES string of the molecule is O=C(CCC(=O)N1CCCC1)c1ccc2[nH]c(=O)oc2c1. The molecule has 0 radical (unpaired) electrons. The molecule has 6 heteroatoms. The topological polar surface area (TPSA) is 83.4 Å². The van der Waals surface area contributed by atoms with Crippen LogP contribution in [0.2, 0.25) is 0 Å². The molecule has 6 nitrogen and oxygen atoms in total. The van der Waals surface area contributed by atoms with Crippen molar-refractivity contribution < 1.29 is 14.0 Å². The van der Waals surface area contributed by atoms with Crippen molar-refractivity contribution in [2.75, 3.05) is 13.1 Å². The molecule has 0 aliphatic carbocycles. The van der Waals surface area contributed by atoms with Crippen molar-refractivity contribution in [1.29, 1.82) is 0 Å². The average molecular weight is 288 g/mol. The first-order valence-electron chi connectivity index (χ1n) is 7.07. The molecule has 1 aromatic heterocycles. The Morgan fingerprint density at radius 2 is 1.95 bits per heavy atom. The fraction of sp³-hybridized carbons (Fsp3) is 0.400. The zero-order valence-corrected chi connectivity index (χ0v) is 11.6. The number of hydrogen-bond acceptors (Lipinski definition) is 4. The van der Waals surface area contributed by atoms with Crippen LogP contribution in [0, 0.1) is 0 Å². The number of Topliss-reactive ketones (excluding diaryl/α,β-unsaturated/α-hetero) is 1. The van der Waals surface area contributed by atoms with E-state index >= 15 is 0 Å². The van der Waals surface area contributed by atoms with E-state index in [2.05, 4.69) is 4.98 Å². The molecule has 0 spiro atoms. The van der Waals surface area contributed by atoms with Crippen molar-refractivity contribution in [2.45, 2.75) is 25.7 Å². The minimum atomic E-state index is -0.543. The summed E-state index contributed by atoms with van der Waals surface area (Å²) in [6, 6.07) is 4.81. The van der Waals surface area contributed by atoms with Crippen LogP contribution >= 0.6 is 0 Å². The molecule has 1 saturated heterocycles. The van der Waals surface area contributed by atoms with Crippen LogP contribution in [0.1, 0.15) is 36.0 Å². The second-order valence-corrected chi connectivity index (χ2v) is 5.24. The molecule has 1 amide bonds. The number of hydrogen-bond donors (Lipinski definition) is 1. The van der Waals surface area contributed by atoms with E-state index in [9.17, 15) is 14.4 Å². The van der Waals surface area contributed by atoms with E-state index < -0.39 is 5.76 Å². The van der Waals surface area contributed by atoms with Gasteiger partial charge in [0.05, 0.1) is 5.52 Å². The highest BCUT2D eigenvalue weighted by Crippen LogP contribution is 2.15. The Bertz CT molecular complexity index is 737. The molecule has 0 saturated carbocycles. The first-order valence-corrected chi connectivity index (χ1v) is 7.07. The summed E-state index contributed by atoms with van der Waals surface area (Å²) < 4.78 is 4.93. The summed E-state index contributed by atoms with van der Waals surface area (Å²) in [7, 11) is 0. The van der Waals surface area contributed by atoms with E-state index in [1.165, 1.54) is 6.07 Å². The number of nitrogens with zero attached hydrogens (tertiary/aromatic N) is 1. The second kappa shape index (κ2) is 5.55. The van der Waals surface area contributed by atoms with Crippen molar-refractivity contribution in [2.24, 2.45) is 0 Å². The third-order valence-corrected chi connectivity index (χ3v) is 3.77. The number of ketones is 1. The van der Waals surface area contributed by atoms with E-state index in [0.29, 0.717) is 16.7 Å². The Hall–Kier alpha value is -2.37. The van der Waals surface area contributed by atoms with Crippen molar-refractivity contribution in [1.82, 2.24) is 9.88 Å². The van der Waals surface area contributed by atoms with Gasteiger partial charge >= 0.3 is 5.76 Å². The normalized spacial score (nSPS) is 14.8. The van der Waals surface area contributed by atoms with Gasteiger partial charge in [0.2, 0.25) is 5.91 Å². The molecular formula is C15H16N2O4. The maximum atomic E-state index is 12.1. The fourth-order valence-electron chi connectivity index (χ4n) is 2.61. The molecule has 2 aromatic rings. The molecule has 1 fully saturated rings. The third kappa shape index (κ3) is 2.89. The van der Waals surface area contributed by atoms with Crippen LogP contribution in [-0.2, 0) is 4.79 Å². The van der Waals surface area contributed by atoms with Gasteiger partial charge in [-0.1, -0.05) is 0 Å². The maximum Gasteiger partial charge on any atom is 0.417 e. The number of aromatic amines is 1. The molecule has 3 rings (SSSR count). The Balaban J connectivity index is 1.65. The monoisotopic (exact) mass is 288 g/mol. The Kier molecular flexibility index (Phi) is 3.60. The Morgan fingerprint density at radius 3 is 2.71 bits per heavy atom. The zero-order chi connectivity index (χ0) is 14.8. The van der Waals surface area contributed by atoms with Gasteiger partial charge in [0.1, 0.15) is 0 Å². The van der Waals surface area contributed by atoms with E-state index in [4.69, 9.17) is 4.42 Å². The number of H-pyrrole nitrogens is 1. The minimum Gasteiger partial charge on any atom is -0.408 e. The molecule has 1 aromatic carbocycles. The summed E-state index contributed by atoms with van der Waals surface area (Å²) >= 11 is 0. The largest absolute Gasteiger partial charge is 0.417 e. The standard InChI is InChI=1S/C15H16N2O4/c18-12(5-6-14(19)17-7-1-2-8-17)10-3-4-11-13(9-10)21-15(20)16-11/h3-4,9H,1-2,5-8H2,(H,16,20). The highest BCUT2D eigenvalue weighted by atomic mass is 16.4. The number of benzene rings is 1. The summed E-state index contributed by atoms with van der Waals surface area (Å²) in [6.45, 7) is 1.60. The van der Waals surface area contributed by atoms with Gasteiger partial charge < -0.3 is 9.32 Å². The molecule has 0 bridgehead atoms. The second-order valence-electron chi connectivity index (χ2n) is 5.24. The fourth-order valence-corrected chi connectivity index (χ4v) is 2.61. The summed E-state index contributed by atoms with van der Waals surface area (Å²) in [6.07, 6.45) is 2.50. The lowest BCUT2D eigenvalue weighted by Gasteiger charge is -2.14. The van der Waals surface area contributed by atoms with Crippen LogP contribution in [0.3, 0.4) is 0 Å². The smallest absolute Gasteiger partial charge is 0.408 e. The number of carbonyl (C=O) groups is 2. The van der Waals surface area contributed by atoms with E-state index in [1.54, 1.807) is 12.1 Å². The Morgan fingerprint density at radius 1 is 1.19 bits per heavy atom. The highest BCUT2D eigenvalue weighted by Gasteiger charge is 2.19. The zero-order valence-electron chi connectivity index (χ0n) is 11.6. The van der Waals surface area contributed by atoms with Gasteiger partial charge in [-0.15, -0.1) is 0 Å². The van der Waals surface area contributed by atoms with Gasteiger partial charge in [-0.25, -0.2) is 4.79 Å². The van der Waals surface area contributed by atoms with Crippen LogP contribution in [0.4, 0.5) is 0 Å². The molecule has 110 valence electrons. The number of amides is 1. The predicted octanol–water partition coefficient (Wildman–Crippen LogP) is 1.71. The van der Waals surface area contributed by atoms with Crippen LogP contribution in [0.15, 0.2) is 27.4 Å². The van der Waals surface area contributed by atoms with Crippen LogP contribution in [0.5, 0.6) is 0 Å². The first-order chi connectivity index (χ1) is 10.1. The molecule has 21 heavy (non-hydrogen) atoms. The molecule has 0 unspecified atom stereocenters. The van der Waals surface area contributed by atoms with Crippen LogP contribution < -0.4 is 5.76 Å². The van der Waals surface area contributed by atoms with Crippen LogP contribution in [-0.4, -0.2) is 34.7 Å². The lowest BCUT2D eigenvalue weighted by molar-refractivity contribution is -0.130. The Labute approximate surface area is 120 Å². The van der Waals surface area contributed by atoms with E-state index in [-0.39, 0.29) is 24.5 Å². The predicted molar refractivity (Wildman–Crippen MR) is 76.2 cm³/mol. The summed E-state index contributed by atoms with van der Waals surface area (Å²) in [5.74, 6) is -0.623. The third-order valence-electron chi connectivity index (χ3n) is 3.77. The molecule has 2 heterocycles. The molecular weight excluding hydrogens is 272 g/mol. The van der Waals surface area contributed by atoms with Gasteiger partial charge in [0, 0.05) is 31.5 Å². The van der Waals surface area contributed by atoms with Crippen molar-refractivity contribution >= 4 is 22.8 Å². The molecule has 1 N–H and O–H groups in total. The van der Waals surface area contributed by atoms with Crippen molar-refractivity contribution in [3.63, 3.8) is 0 Å². The van der Waals surface area contributed by atoms with Gasteiger partial charge in [-0.05, 0) is 31.0 Å². The number of carbonyl (C=O) groups excluding carboxylic acids is 2. The molecule has 1 aliphatic heterocycles. The average Bonchev–Trinajstić information content (AvgIpc) is 3.11. The lowest BCUT2D eigenvalue weighted by Crippen LogP contribution is -2.27. The number of aromatic nitrogens is 1. The van der Waals surface area contributed by atoms with Gasteiger partial charge in [-0.3, -0.25) is 14.6 Å². The molecule has 0 atom stereocenters. The number of fused-ring (bicyclic) bond motifs is 1. The van der Waals surface area contributed by atoms with Gasteiger partial charge in [-0.2, -0.15) is 0 Å². The summed E-state index contributed by atoms with van der Waals surface area (Å²) in [4.78, 5) is 39.4. The van der Waals surface area contributed by atoms with Gasteiger partial charge in [0.25, 0.3) is 0 Å². The van der Waals surface area contributed by atoms with E-state index in [0.717, 1.165) is 25.9 Å². The van der Waals surface area contributed by atoms with Crippen LogP contribution in [0.25, 0.3) is 11.1 Å². The number of likely N-dealkylation sites (tertiary alicyclic amines) is 1. The summed E-state index contributed by atoms with van der Waals surface area (Å²) in [5, 5.41) is 0. The molecule has 1 aliphatic rings. The quantitative estimate of drug-likeness (QED) is 0.868. The maximum absolute atomic E-state index is 12.1. The van der Waals surface area contributed by atoms with Gasteiger partial charge in [0.15, 0.2) is 11.4 Å². The van der Waals surface area contributed by atoms with Crippen molar-refractivity contribution in [3.8, 4) is 0 Å². The highest BCUT2D eigenvalue weighted by molar-refractivity contribution is 6.00. The lowest BCUT2D eigenvalue weighted by atomic mass is 10.1. The van der Waals surface area contributed by atoms with Crippen molar-refractivity contribution in [3.05, 3.63) is 34.3 Å². The van der Waals surface area contributed by atoms with E-state index in [1.807, 2.05) is 4.90 Å².